The maximum Gasteiger partial charge on any atom is 0.0738 e. The van der Waals surface area contributed by atoms with Crippen molar-refractivity contribution in [3.05, 3.63) is 18.5 Å². The number of nitrogens with zero attached hydrogens (tertiary/aromatic N) is 2. The smallest absolute Gasteiger partial charge is 0.0738 e. The monoisotopic (exact) mass is 223 g/mol. The van der Waals surface area contributed by atoms with Gasteiger partial charge < -0.3 is 15.4 Å². The average Bonchev–Trinajstić information content (AvgIpc) is 2.24. The van der Waals surface area contributed by atoms with E-state index >= 15 is 0 Å². The number of nitrogens with two attached hydrogens (primary N) is 1. The van der Waals surface area contributed by atoms with E-state index in [2.05, 4.69) is 23.7 Å². The van der Waals surface area contributed by atoms with Gasteiger partial charge in [-0.3, -0.25) is 4.98 Å². The van der Waals surface area contributed by atoms with Gasteiger partial charge in [0, 0.05) is 26.4 Å². The first-order chi connectivity index (χ1) is 7.65. The Morgan fingerprint density at radius 1 is 1.50 bits per heavy atom. The van der Waals surface area contributed by atoms with Crippen LogP contribution in [0.3, 0.4) is 0 Å². The van der Waals surface area contributed by atoms with Crippen molar-refractivity contribution in [3.8, 4) is 0 Å². The lowest BCUT2D eigenvalue weighted by Gasteiger charge is -2.27. The van der Waals surface area contributed by atoms with Gasteiger partial charge in [-0.25, -0.2) is 0 Å². The molecule has 16 heavy (non-hydrogen) atoms. The van der Waals surface area contributed by atoms with E-state index in [0.29, 0.717) is 12.5 Å². The molecule has 0 amide bonds. The van der Waals surface area contributed by atoms with Gasteiger partial charge in [0.15, 0.2) is 0 Å². The van der Waals surface area contributed by atoms with Crippen LogP contribution in [0.25, 0.3) is 0 Å². The van der Waals surface area contributed by atoms with Crippen molar-refractivity contribution in [2.45, 2.75) is 13.8 Å². The zero-order valence-electron chi connectivity index (χ0n) is 10.3. The number of aromatic nitrogens is 1. The van der Waals surface area contributed by atoms with Crippen molar-refractivity contribution in [2.75, 3.05) is 37.4 Å². The fourth-order valence-electron chi connectivity index (χ4n) is 1.64. The lowest BCUT2D eigenvalue weighted by molar-refractivity contribution is 0.204. The van der Waals surface area contributed by atoms with Crippen LogP contribution in [0.15, 0.2) is 18.5 Å². The number of hydrogen-bond donors (Lipinski definition) is 1. The third-order valence-corrected chi connectivity index (χ3v) is 2.32. The molecule has 0 aliphatic heterocycles. The zero-order chi connectivity index (χ0) is 12.0. The van der Waals surface area contributed by atoms with E-state index in [0.717, 1.165) is 24.5 Å². The second-order valence-electron chi connectivity index (χ2n) is 4.27. The van der Waals surface area contributed by atoms with Gasteiger partial charge >= 0.3 is 0 Å². The summed E-state index contributed by atoms with van der Waals surface area (Å²) in [6.45, 7) is 6.91. The molecule has 0 aliphatic rings. The quantitative estimate of drug-likeness (QED) is 0.798. The highest BCUT2D eigenvalue weighted by Crippen LogP contribution is 2.21. The van der Waals surface area contributed by atoms with Crippen LogP contribution < -0.4 is 10.6 Å². The van der Waals surface area contributed by atoms with E-state index in [9.17, 15) is 0 Å². The number of nitrogen functional groups attached to an aromatic ring is 1. The number of pyridine rings is 1. The Bertz CT molecular complexity index is 315. The molecule has 0 saturated carbocycles. The SMILES string of the molecule is COCCN(CC(C)C)c1ccncc1N. The summed E-state index contributed by atoms with van der Waals surface area (Å²) in [6.07, 6.45) is 3.46. The predicted octanol–water partition coefficient (Wildman–Crippen LogP) is 1.77. The summed E-state index contributed by atoms with van der Waals surface area (Å²) in [7, 11) is 1.71. The molecule has 1 heterocycles. The predicted molar refractivity (Wildman–Crippen MR) is 67.6 cm³/mol. The van der Waals surface area contributed by atoms with E-state index in [4.69, 9.17) is 10.5 Å². The molecule has 0 fully saturated rings. The minimum Gasteiger partial charge on any atom is -0.396 e. The molecule has 1 aromatic heterocycles. The van der Waals surface area contributed by atoms with E-state index in [-0.39, 0.29) is 0 Å². The highest BCUT2D eigenvalue weighted by molar-refractivity contribution is 5.65. The van der Waals surface area contributed by atoms with Crippen LogP contribution in [-0.4, -0.2) is 31.8 Å². The van der Waals surface area contributed by atoms with Crippen molar-refractivity contribution in [1.82, 2.24) is 4.98 Å². The third kappa shape index (κ3) is 3.70. The van der Waals surface area contributed by atoms with Gasteiger partial charge in [-0.2, -0.15) is 0 Å². The number of rotatable bonds is 6. The van der Waals surface area contributed by atoms with Crippen molar-refractivity contribution < 1.29 is 4.74 Å². The van der Waals surface area contributed by atoms with Crippen molar-refractivity contribution in [2.24, 2.45) is 5.92 Å². The van der Waals surface area contributed by atoms with Gasteiger partial charge in [0.05, 0.1) is 24.2 Å². The van der Waals surface area contributed by atoms with Crippen molar-refractivity contribution in [1.29, 1.82) is 0 Å². The molecule has 0 aliphatic carbocycles. The van der Waals surface area contributed by atoms with Crippen molar-refractivity contribution >= 4 is 11.4 Å². The maximum absolute atomic E-state index is 5.92. The molecule has 90 valence electrons. The van der Waals surface area contributed by atoms with Gasteiger partial charge in [-0.15, -0.1) is 0 Å². The second-order valence-corrected chi connectivity index (χ2v) is 4.27. The van der Waals surface area contributed by atoms with Crippen LogP contribution in [0, 0.1) is 5.92 Å². The van der Waals surface area contributed by atoms with Crippen LogP contribution in [-0.2, 0) is 4.74 Å². The average molecular weight is 223 g/mol. The lowest BCUT2D eigenvalue weighted by atomic mass is 10.2. The van der Waals surface area contributed by atoms with Crippen LogP contribution in [0.2, 0.25) is 0 Å². The normalized spacial score (nSPS) is 10.8. The Morgan fingerprint density at radius 2 is 2.25 bits per heavy atom. The topological polar surface area (TPSA) is 51.4 Å². The fraction of sp³-hybridized carbons (Fsp3) is 0.583. The zero-order valence-corrected chi connectivity index (χ0v) is 10.3. The molecule has 0 aromatic carbocycles. The molecule has 4 nitrogen and oxygen atoms in total. The fourth-order valence-corrected chi connectivity index (χ4v) is 1.64. The number of anilines is 2. The molecule has 1 rings (SSSR count). The minimum absolute atomic E-state index is 0.587. The Balaban J connectivity index is 2.78. The van der Waals surface area contributed by atoms with E-state index < -0.39 is 0 Å². The molecule has 0 unspecified atom stereocenters. The molecular weight excluding hydrogens is 202 g/mol. The standard InChI is InChI=1S/C12H21N3O/c1-10(2)9-15(6-7-16-3)12-4-5-14-8-11(12)13/h4-5,8,10H,6-7,9,13H2,1-3H3. The number of methoxy groups -OCH3 is 1. The highest BCUT2D eigenvalue weighted by atomic mass is 16.5. The molecule has 2 N–H and O–H groups in total. The van der Waals surface area contributed by atoms with Crippen LogP contribution in [0.4, 0.5) is 11.4 Å². The minimum atomic E-state index is 0.587. The molecule has 1 aromatic rings. The van der Waals surface area contributed by atoms with Crippen LogP contribution >= 0.6 is 0 Å². The molecule has 4 heteroatoms. The summed E-state index contributed by atoms with van der Waals surface area (Å²) in [5, 5.41) is 0. The largest absolute Gasteiger partial charge is 0.396 e. The molecule has 0 atom stereocenters. The Morgan fingerprint density at radius 3 is 2.81 bits per heavy atom. The summed E-state index contributed by atoms with van der Waals surface area (Å²) in [5.41, 5.74) is 7.69. The van der Waals surface area contributed by atoms with Gasteiger partial charge in [0.1, 0.15) is 0 Å². The number of ether oxygens (including phenoxy) is 1. The van der Waals surface area contributed by atoms with Crippen molar-refractivity contribution in [3.63, 3.8) is 0 Å². The Kier molecular flexibility index (Phi) is 5.05. The Hall–Kier alpha value is -1.29. The van der Waals surface area contributed by atoms with Gasteiger partial charge in [0.2, 0.25) is 0 Å². The third-order valence-electron chi connectivity index (χ3n) is 2.32. The molecule has 0 saturated heterocycles. The van der Waals surface area contributed by atoms with Gasteiger partial charge in [-0.1, -0.05) is 13.8 Å². The summed E-state index contributed by atoms with van der Waals surface area (Å²) >= 11 is 0. The summed E-state index contributed by atoms with van der Waals surface area (Å²) < 4.78 is 5.12. The second kappa shape index (κ2) is 6.33. The summed E-state index contributed by atoms with van der Waals surface area (Å²) in [4.78, 5) is 6.25. The van der Waals surface area contributed by atoms with E-state index in [1.807, 2.05) is 6.07 Å². The first kappa shape index (κ1) is 12.8. The Labute approximate surface area is 97.4 Å². The highest BCUT2D eigenvalue weighted by Gasteiger charge is 2.10. The van der Waals surface area contributed by atoms with Gasteiger partial charge in [0.25, 0.3) is 0 Å². The summed E-state index contributed by atoms with van der Waals surface area (Å²) in [6, 6.07) is 1.95. The molecule has 0 radical (unpaired) electrons. The van der Waals surface area contributed by atoms with E-state index in [1.54, 1.807) is 19.5 Å². The molecule has 0 spiro atoms. The van der Waals surface area contributed by atoms with Crippen LogP contribution in [0.5, 0.6) is 0 Å². The molecule has 0 bridgehead atoms. The maximum atomic E-state index is 5.92. The number of hydrogen-bond acceptors (Lipinski definition) is 4. The lowest BCUT2D eigenvalue weighted by Crippen LogP contribution is -2.31. The van der Waals surface area contributed by atoms with E-state index in [1.165, 1.54) is 0 Å². The van der Waals surface area contributed by atoms with Crippen LogP contribution in [0.1, 0.15) is 13.8 Å². The first-order valence-electron chi connectivity index (χ1n) is 5.58. The van der Waals surface area contributed by atoms with Gasteiger partial charge in [-0.05, 0) is 12.0 Å². The molecular formula is C12H21N3O. The summed E-state index contributed by atoms with van der Waals surface area (Å²) in [5.74, 6) is 0.587. The first-order valence-corrected chi connectivity index (χ1v) is 5.58.